The van der Waals surface area contributed by atoms with E-state index >= 15 is 0 Å². The van der Waals surface area contributed by atoms with Crippen molar-refractivity contribution in [2.75, 3.05) is 11.9 Å². The highest BCUT2D eigenvalue weighted by Gasteiger charge is 2.16. The predicted octanol–water partition coefficient (Wildman–Crippen LogP) is 3.29. The normalized spacial score (nSPS) is 14.3. The monoisotopic (exact) mass is 215 g/mol. The van der Waals surface area contributed by atoms with Gasteiger partial charge in [0.2, 0.25) is 0 Å². The number of thiophene rings is 1. The Morgan fingerprint density at radius 3 is 2.93 bits per heavy atom. The third-order valence-electron chi connectivity index (χ3n) is 3.00. The van der Waals surface area contributed by atoms with E-state index in [9.17, 15) is 0 Å². The first-order valence-electron chi connectivity index (χ1n) is 5.19. The Bertz CT molecular complexity index is 487. The topological polar surface area (TPSA) is 3.24 Å². The summed E-state index contributed by atoms with van der Waals surface area (Å²) in [6, 6.07) is 11.0. The molecule has 0 N–H and O–H groups in total. The molecule has 0 bridgehead atoms. The van der Waals surface area contributed by atoms with E-state index in [1.165, 1.54) is 21.7 Å². The van der Waals surface area contributed by atoms with Crippen molar-refractivity contribution in [2.45, 2.75) is 13.0 Å². The molecular weight excluding hydrogens is 202 g/mol. The zero-order chi connectivity index (χ0) is 10.3. The van der Waals surface area contributed by atoms with E-state index in [-0.39, 0.29) is 0 Å². The Labute approximate surface area is 94.0 Å². The van der Waals surface area contributed by atoms with Gasteiger partial charge in [-0.25, -0.2) is 0 Å². The average Bonchev–Trinajstić information content (AvgIpc) is 2.61. The fourth-order valence-electron chi connectivity index (χ4n) is 2.21. The summed E-state index contributed by atoms with van der Waals surface area (Å²) in [7, 11) is 2.17. The highest BCUT2D eigenvalue weighted by Crippen LogP contribution is 2.31. The SMILES string of the molecule is CN1Cc2ccsc2Cc2ccccc21. The lowest BCUT2D eigenvalue weighted by Gasteiger charge is -2.19. The lowest BCUT2D eigenvalue weighted by atomic mass is 10.1. The number of anilines is 1. The van der Waals surface area contributed by atoms with E-state index in [4.69, 9.17) is 0 Å². The molecule has 0 amide bonds. The van der Waals surface area contributed by atoms with Gasteiger partial charge in [-0.1, -0.05) is 18.2 Å². The first-order chi connectivity index (χ1) is 7.34. The molecule has 0 aliphatic carbocycles. The van der Waals surface area contributed by atoms with Crippen LogP contribution >= 0.6 is 11.3 Å². The molecule has 1 aromatic carbocycles. The third kappa shape index (κ3) is 1.45. The van der Waals surface area contributed by atoms with Crippen LogP contribution in [0.2, 0.25) is 0 Å². The van der Waals surface area contributed by atoms with E-state index in [1.54, 1.807) is 0 Å². The maximum Gasteiger partial charge on any atom is 0.0437 e. The molecule has 3 rings (SSSR count). The summed E-state index contributed by atoms with van der Waals surface area (Å²) >= 11 is 1.88. The molecule has 2 heteroatoms. The van der Waals surface area contributed by atoms with Gasteiger partial charge < -0.3 is 4.90 Å². The second kappa shape index (κ2) is 3.38. The van der Waals surface area contributed by atoms with E-state index in [2.05, 4.69) is 47.7 Å². The number of nitrogens with zero attached hydrogens (tertiary/aromatic N) is 1. The van der Waals surface area contributed by atoms with Gasteiger partial charge in [-0.15, -0.1) is 11.3 Å². The maximum atomic E-state index is 2.34. The van der Waals surface area contributed by atoms with Crippen molar-refractivity contribution in [3.8, 4) is 0 Å². The van der Waals surface area contributed by atoms with Gasteiger partial charge in [0.1, 0.15) is 0 Å². The van der Waals surface area contributed by atoms with Crippen molar-refractivity contribution in [1.29, 1.82) is 0 Å². The van der Waals surface area contributed by atoms with Crippen molar-refractivity contribution in [2.24, 2.45) is 0 Å². The van der Waals surface area contributed by atoms with Crippen LogP contribution in [0.3, 0.4) is 0 Å². The van der Waals surface area contributed by atoms with Crippen molar-refractivity contribution in [3.63, 3.8) is 0 Å². The van der Waals surface area contributed by atoms with Gasteiger partial charge in [0, 0.05) is 30.6 Å². The molecule has 0 unspecified atom stereocenters. The fraction of sp³-hybridized carbons (Fsp3) is 0.231. The molecule has 76 valence electrons. The number of para-hydroxylation sites is 1. The standard InChI is InChI=1S/C13H13NS/c1-14-9-11-6-7-15-13(11)8-10-4-2-3-5-12(10)14/h2-7H,8-9H2,1H3. The molecular formula is C13H13NS. The Balaban J connectivity index is 2.14. The van der Waals surface area contributed by atoms with Gasteiger partial charge >= 0.3 is 0 Å². The molecule has 0 spiro atoms. The first kappa shape index (κ1) is 8.98. The number of benzene rings is 1. The van der Waals surface area contributed by atoms with Crippen LogP contribution in [0.1, 0.15) is 16.0 Å². The molecule has 2 heterocycles. The van der Waals surface area contributed by atoms with Gasteiger partial charge in [-0.3, -0.25) is 0 Å². The first-order valence-corrected chi connectivity index (χ1v) is 6.07. The van der Waals surface area contributed by atoms with Gasteiger partial charge in [-0.2, -0.15) is 0 Å². The number of hydrogen-bond donors (Lipinski definition) is 0. The summed E-state index contributed by atoms with van der Waals surface area (Å²) in [5, 5.41) is 2.20. The summed E-state index contributed by atoms with van der Waals surface area (Å²) < 4.78 is 0. The molecule has 1 aromatic heterocycles. The number of rotatable bonds is 0. The summed E-state index contributed by atoms with van der Waals surface area (Å²) in [5.74, 6) is 0. The average molecular weight is 215 g/mol. The van der Waals surface area contributed by atoms with Crippen LogP contribution in [0.4, 0.5) is 5.69 Å². The molecule has 0 fully saturated rings. The summed E-state index contributed by atoms with van der Waals surface area (Å²) in [6.07, 6.45) is 1.09. The highest BCUT2D eigenvalue weighted by molar-refractivity contribution is 7.10. The van der Waals surface area contributed by atoms with Crippen LogP contribution in [-0.4, -0.2) is 7.05 Å². The molecule has 0 atom stereocenters. The molecule has 15 heavy (non-hydrogen) atoms. The quantitative estimate of drug-likeness (QED) is 0.652. The van der Waals surface area contributed by atoms with Gasteiger partial charge in [0.25, 0.3) is 0 Å². The van der Waals surface area contributed by atoms with Gasteiger partial charge in [0.15, 0.2) is 0 Å². The van der Waals surface area contributed by atoms with Gasteiger partial charge in [-0.05, 0) is 28.6 Å². The molecule has 0 radical (unpaired) electrons. The van der Waals surface area contributed by atoms with Crippen molar-refractivity contribution in [1.82, 2.24) is 0 Å². The minimum absolute atomic E-state index is 1.04. The Morgan fingerprint density at radius 2 is 2.00 bits per heavy atom. The van der Waals surface area contributed by atoms with E-state index in [0.29, 0.717) is 0 Å². The third-order valence-corrected chi connectivity index (χ3v) is 3.96. The zero-order valence-corrected chi connectivity index (χ0v) is 9.55. The second-order valence-corrected chi connectivity index (χ2v) is 5.03. The van der Waals surface area contributed by atoms with Crippen LogP contribution in [0.5, 0.6) is 0 Å². The zero-order valence-electron chi connectivity index (χ0n) is 8.73. The van der Waals surface area contributed by atoms with Crippen LogP contribution in [0, 0.1) is 0 Å². The molecule has 0 saturated heterocycles. The Kier molecular flexibility index (Phi) is 2.03. The lowest BCUT2D eigenvalue weighted by Crippen LogP contribution is -2.15. The fourth-order valence-corrected chi connectivity index (χ4v) is 3.13. The second-order valence-electron chi connectivity index (χ2n) is 4.03. The number of hydrogen-bond acceptors (Lipinski definition) is 2. The van der Waals surface area contributed by atoms with Crippen LogP contribution in [-0.2, 0) is 13.0 Å². The summed E-state index contributed by atoms with van der Waals surface area (Å²) in [5.41, 5.74) is 4.31. The number of fused-ring (bicyclic) bond motifs is 2. The predicted molar refractivity (Wildman–Crippen MR) is 65.7 cm³/mol. The molecule has 2 aromatic rings. The summed E-state index contributed by atoms with van der Waals surface area (Å²) in [6.45, 7) is 1.04. The van der Waals surface area contributed by atoms with Crippen LogP contribution in [0.25, 0.3) is 0 Å². The van der Waals surface area contributed by atoms with E-state index < -0.39 is 0 Å². The molecule has 1 aliphatic rings. The minimum Gasteiger partial charge on any atom is -0.370 e. The van der Waals surface area contributed by atoms with E-state index in [0.717, 1.165) is 13.0 Å². The largest absolute Gasteiger partial charge is 0.370 e. The van der Waals surface area contributed by atoms with Crippen LogP contribution in [0.15, 0.2) is 35.7 Å². The molecule has 1 nitrogen and oxygen atoms in total. The molecule has 1 aliphatic heterocycles. The highest BCUT2D eigenvalue weighted by atomic mass is 32.1. The Hall–Kier alpha value is -1.28. The van der Waals surface area contributed by atoms with Gasteiger partial charge in [0.05, 0.1) is 0 Å². The maximum absolute atomic E-state index is 2.34. The van der Waals surface area contributed by atoms with Crippen molar-refractivity contribution >= 4 is 17.0 Å². The molecule has 0 saturated carbocycles. The lowest BCUT2D eigenvalue weighted by molar-refractivity contribution is 0.931. The van der Waals surface area contributed by atoms with Crippen molar-refractivity contribution < 1.29 is 0 Å². The van der Waals surface area contributed by atoms with Crippen LogP contribution < -0.4 is 4.90 Å². The smallest absolute Gasteiger partial charge is 0.0437 e. The van der Waals surface area contributed by atoms with Crippen molar-refractivity contribution in [3.05, 3.63) is 51.7 Å². The minimum atomic E-state index is 1.04. The summed E-state index contributed by atoms with van der Waals surface area (Å²) in [4.78, 5) is 3.86. The van der Waals surface area contributed by atoms with E-state index in [1.807, 2.05) is 11.3 Å². The Morgan fingerprint density at radius 1 is 1.13 bits per heavy atom.